The second-order valence-electron chi connectivity index (χ2n) is 7.33. The predicted molar refractivity (Wildman–Crippen MR) is 107 cm³/mol. The van der Waals surface area contributed by atoms with Crippen LogP contribution in [0.15, 0.2) is 40.8 Å². The first-order chi connectivity index (χ1) is 14.0. The van der Waals surface area contributed by atoms with Gasteiger partial charge in [0.05, 0.1) is 7.11 Å². The molecule has 152 valence electrons. The van der Waals surface area contributed by atoms with Crippen molar-refractivity contribution in [2.75, 3.05) is 31.6 Å². The normalized spacial score (nSPS) is 16.4. The highest BCUT2D eigenvalue weighted by atomic mass is 19.2. The first-order valence-electron chi connectivity index (χ1n) is 9.51. The molecule has 0 radical (unpaired) electrons. The summed E-state index contributed by atoms with van der Waals surface area (Å²) in [6, 6.07) is 9.35. The van der Waals surface area contributed by atoms with Crippen LogP contribution in [0.3, 0.4) is 0 Å². The van der Waals surface area contributed by atoms with E-state index in [4.69, 9.17) is 9.15 Å². The number of hydrogen-bond donors (Lipinski definition) is 1. The quantitative estimate of drug-likeness (QED) is 0.695. The highest BCUT2D eigenvalue weighted by Crippen LogP contribution is 2.29. The van der Waals surface area contributed by atoms with Gasteiger partial charge in [-0.05, 0) is 49.6 Å². The van der Waals surface area contributed by atoms with Crippen molar-refractivity contribution in [1.82, 2.24) is 5.32 Å². The second-order valence-corrected chi connectivity index (χ2v) is 7.33. The van der Waals surface area contributed by atoms with Gasteiger partial charge in [0.25, 0.3) is 5.91 Å². The third kappa shape index (κ3) is 3.77. The minimum Gasteiger partial charge on any atom is -0.497 e. The van der Waals surface area contributed by atoms with E-state index in [0.29, 0.717) is 35.9 Å². The van der Waals surface area contributed by atoms with Crippen molar-refractivity contribution < 1.29 is 22.7 Å². The molecule has 29 heavy (non-hydrogen) atoms. The molecule has 1 atom stereocenters. The highest BCUT2D eigenvalue weighted by Gasteiger charge is 2.25. The number of benzene rings is 2. The number of hydrogen-bond acceptors (Lipinski definition) is 4. The van der Waals surface area contributed by atoms with Gasteiger partial charge in [-0.25, -0.2) is 8.78 Å². The number of carbonyl (C=O) groups is 1. The summed E-state index contributed by atoms with van der Waals surface area (Å²) >= 11 is 0. The Kier molecular flexibility index (Phi) is 5.13. The average Bonchev–Trinajstić information content (AvgIpc) is 3.33. The molecule has 0 saturated carbocycles. The van der Waals surface area contributed by atoms with Gasteiger partial charge in [0.2, 0.25) is 0 Å². The van der Waals surface area contributed by atoms with Gasteiger partial charge >= 0.3 is 0 Å². The fraction of sp³-hybridized carbons (Fsp3) is 0.318. The molecule has 0 aliphatic carbocycles. The summed E-state index contributed by atoms with van der Waals surface area (Å²) in [4.78, 5) is 14.6. The number of rotatable bonds is 5. The summed E-state index contributed by atoms with van der Waals surface area (Å²) in [6.45, 7) is 3.73. The van der Waals surface area contributed by atoms with Crippen molar-refractivity contribution in [3.05, 3.63) is 59.4 Å². The summed E-state index contributed by atoms with van der Waals surface area (Å²) in [5.41, 5.74) is 2.06. The lowest BCUT2D eigenvalue weighted by atomic mass is 10.1. The molecule has 1 aliphatic rings. The number of fused-ring (bicyclic) bond motifs is 1. The van der Waals surface area contributed by atoms with Crippen molar-refractivity contribution in [1.29, 1.82) is 0 Å². The van der Waals surface area contributed by atoms with Gasteiger partial charge in [0.1, 0.15) is 11.3 Å². The van der Waals surface area contributed by atoms with Gasteiger partial charge in [-0.1, -0.05) is 0 Å². The van der Waals surface area contributed by atoms with Gasteiger partial charge in [0, 0.05) is 42.3 Å². The second kappa shape index (κ2) is 7.73. The van der Waals surface area contributed by atoms with Gasteiger partial charge in [-0.3, -0.25) is 4.79 Å². The van der Waals surface area contributed by atoms with Crippen LogP contribution in [0.4, 0.5) is 14.5 Å². The molecule has 3 aromatic rings. The summed E-state index contributed by atoms with van der Waals surface area (Å²) in [7, 11) is 1.59. The first-order valence-corrected chi connectivity index (χ1v) is 9.51. The van der Waals surface area contributed by atoms with E-state index >= 15 is 0 Å². The van der Waals surface area contributed by atoms with Gasteiger partial charge in [-0.2, -0.15) is 0 Å². The monoisotopic (exact) mass is 400 g/mol. The van der Waals surface area contributed by atoms with E-state index in [2.05, 4.69) is 5.32 Å². The predicted octanol–water partition coefficient (Wildman–Crippen LogP) is 4.28. The third-order valence-electron chi connectivity index (χ3n) is 5.46. The fourth-order valence-corrected chi connectivity index (χ4v) is 3.78. The molecule has 1 aromatic heterocycles. The Labute approximate surface area is 167 Å². The Morgan fingerprint density at radius 2 is 2.07 bits per heavy atom. The van der Waals surface area contributed by atoms with E-state index in [1.807, 2.05) is 17.9 Å². The van der Waals surface area contributed by atoms with E-state index in [9.17, 15) is 13.6 Å². The molecular weight excluding hydrogens is 378 g/mol. The molecule has 1 saturated heterocycles. The molecule has 1 N–H and O–H groups in total. The lowest BCUT2D eigenvalue weighted by Gasteiger charge is -2.19. The number of furan rings is 1. The summed E-state index contributed by atoms with van der Waals surface area (Å²) in [5.74, 6) is -0.743. The van der Waals surface area contributed by atoms with E-state index in [-0.39, 0.29) is 11.8 Å². The summed E-state index contributed by atoms with van der Waals surface area (Å²) < 4.78 is 37.6. The van der Waals surface area contributed by atoms with E-state index < -0.39 is 11.6 Å². The highest BCUT2D eigenvalue weighted by molar-refractivity contribution is 5.99. The van der Waals surface area contributed by atoms with Crippen LogP contribution in [-0.4, -0.2) is 32.7 Å². The Bertz CT molecular complexity index is 1060. The Hall–Kier alpha value is -3.09. The maximum absolute atomic E-state index is 13.5. The maximum Gasteiger partial charge on any atom is 0.287 e. The fourth-order valence-electron chi connectivity index (χ4n) is 3.78. The Morgan fingerprint density at radius 3 is 2.83 bits per heavy atom. The topological polar surface area (TPSA) is 54.7 Å². The molecule has 1 fully saturated rings. The zero-order chi connectivity index (χ0) is 20.5. The van der Waals surface area contributed by atoms with Crippen LogP contribution in [0, 0.1) is 24.5 Å². The molecule has 0 bridgehead atoms. The lowest BCUT2D eigenvalue weighted by Crippen LogP contribution is -2.31. The zero-order valence-electron chi connectivity index (χ0n) is 16.3. The summed E-state index contributed by atoms with van der Waals surface area (Å²) in [6.07, 6.45) is 0.857. The number of nitrogens with one attached hydrogen (secondary N) is 1. The SMILES string of the molecule is COc1ccc2oc(C(=O)NCC3CCN(c4ccc(F)c(F)c4)C3)c(C)c2c1. The minimum absolute atomic E-state index is 0.219. The molecule has 2 aromatic carbocycles. The van der Waals surface area contributed by atoms with Crippen LogP contribution >= 0.6 is 0 Å². The molecule has 1 aliphatic heterocycles. The Morgan fingerprint density at radius 1 is 1.24 bits per heavy atom. The van der Waals surface area contributed by atoms with Crippen molar-refractivity contribution in [2.45, 2.75) is 13.3 Å². The van der Waals surface area contributed by atoms with Crippen LogP contribution in [-0.2, 0) is 0 Å². The van der Waals surface area contributed by atoms with Gasteiger partial charge in [0.15, 0.2) is 17.4 Å². The molecule has 4 rings (SSSR count). The largest absolute Gasteiger partial charge is 0.497 e. The molecule has 0 spiro atoms. The number of anilines is 1. The average molecular weight is 400 g/mol. The van der Waals surface area contributed by atoms with Crippen molar-refractivity contribution in [3.63, 3.8) is 0 Å². The van der Waals surface area contributed by atoms with Crippen molar-refractivity contribution in [3.8, 4) is 5.75 Å². The first kappa shape index (κ1) is 19.2. The van der Waals surface area contributed by atoms with Crippen LogP contribution in [0.1, 0.15) is 22.5 Å². The number of halogens is 2. The van der Waals surface area contributed by atoms with Gasteiger partial charge < -0.3 is 19.4 Å². The Balaban J connectivity index is 1.39. The van der Waals surface area contributed by atoms with Crippen LogP contribution < -0.4 is 15.0 Å². The van der Waals surface area contributed by atoms with E-state index in [0.717, 1.165) is 30.0 Å². The lowest BCUT2D eigenvalue weighted by molar-refractivity contribution is 0.0922. The molecule has 1 unspecified atom stereocenters. The molecule has 7 heteroatoms. The summed E-state index contributed by atoms with van der Waals surface area (Å²) in [5, 5.41) is 3.79. The number of carbonyl (C=O) groups excluding carboxylic acids is 1. The third-order valence-corrected chi connectivity index (χ3v) is 5.46. The van der Waals surface area contributed by atoms with Crippen molar-refractivity contribution >= 4 is 22.6 Å². The van der Waals surface area contributed by atoms with E-state index in [1.165, 1.54) is 6.07 Å². The number of nitrogens with zero attached hydrogens (tertiary/aromatic N) is 1. The maximum atomic E-state index is 13.5. The van der Waals surface area contributed by atoms with Crippen LogP contribution in [0.5, 0.6) is 5.75 Å². The number of ether oxygens (including phenoxy) is 1. The smallest absolute Gasteiger partial charge is 0.287 e. The molecule has 5 nitrogen and oxygen atoms in total. The standard InChI is InChI=1S/C22H22F2N2O3/c1-13-17-10-16(28-2)4-6-20(17)29-21(13)22(27)25-11-14-7-8-26(12-14)15-3-5-18(23)19(24)9-15/h3-6,9-10,14H,7-8,11-12H2,1-2H3,(H,25,27). The minimum atomic E-state index is -0.851. The number of methoxy groups -OCH3 is 1. The van der Waals surface area contributed by atoms with E-state index in [1.54, 1.807) is 25.3 Å². The van der Waals surface area contributed by atoms with Crippen LogP contribution in [0.25, 0.3) is 11.0 Å². The van der Waals surface area contributed by atoms with Crippen molar-refractivity contribution in [2.24, 2.45) is 5.92 Å². The number of amides is 1. The zero-order valence-corrected chi connectivity index (χ0v) is 16.3. The van der Waals surface area contributed by atoms with Crippen LogP contribution in [0.2, 0.25) is 0 Å². The number of aryl methyl sites for hydroxylation is 1. The molecule has 1 amide bonds. The van der Waals surface area contributed by atoms with Gasteiger partial charge in [-0.15, -0.1) is 0 Å². The molecule has 2 heterocycles. The molecular formula is C22H22F2N2O3.